The van der Waals surface area contributed by atoms with Crippen LogP contribution in [0.2, 0.25) is 0 Å². The summed E-state index contributed by atoms with van der Waals surface area (Å²) < 4.78 is 5.63. The second kappa shape index (κ2) is 6.70. The minimum Gasteiger partial charge on any atom is -0.387 e. The van der Waals surface area contributed by atoms with Crippen LogP contribution in [0.1, 0.15) is 44.4 Å². The van der Waals surface area contributed by atoms with E-state index in [2.05, 4.69) is 44.9 Å². The number of aliphatic hydroxyl groups excluding tert-OH is 1. The summed E-state index contributed by atoms with van der Waals surface area (Å²) in [4.78, 5) is 2.26. The van der Waals surface area contributed by atoms with Crippen molar-refractivity contribution in [3.05, 3.63) is 35.4 Å². The Bertz CT molecular complexity index is 418. The van der Waals surface area contributed by atoms with Gasteiger partial charge in [-0.2, -0.15) is 0 Å². The first-order valence-corrected chi connectivity index (χ1v) is 7.65. The molecule has 1 aliphatic rings. The second-order valence-electron chi connectivity index (χ2n) is 5.88. The average molecular weight is 277 g/mol. The zero-order chi connectivity index (χ0) is 14.7. The molecule has 1 aliphatic heterocycles. The topological polar surface area (TPSA) is 32.7 Å². The minimum absolute atomic E-state index is 0.0802. The van der Waals surface area contributed by atoms with Gasteiger partial charge in [0, 0.05) is 18.7 Å². The number of hydrogen-bond donors (Lipinski definition) is 1. The van der Waals surface area contributed by atoms with Crippen molar-refractivity contribution < 1.29 is 9.84 Å². The molecule has 0 aliphatic carbocycles. The Morgan fingerprint density at radius 3 is 2.50 bits per heavy atom. The van der Waals surface area contributed by atoms with Gasteiger partial charge in [-0.1, -0.05) is 31.2 Å². The molecule has 1 fully saturated rings. The van der Waals surface area contributed by atoms with Gasteiger partial charge in [0.25, 0.3) is 0 Å². The Balaban J connectivity index is 2.04. The van der Waals surface area contributed by atoms with Crippen LogP contribution in [0.4, 0.5) is 0 Å². The van der Waals surface area contributed by atoms with Gasteiger partial charge < -0.3 is 9.84 Å². The van der Waals surface area contributed by atoms with Crippen LogP contribution in [-0.4, -0.2) is 41.8 Å². The highest BCUT2D eigenvalue weighted by Gasteiger charge is 2.32. The number of rotatable bonds is 5. The van der Waals surface area contributed by atoms with Gasteiger partial charge in [0.05, 0.1) is 12.2 Å². The highest BCUT2D eigenvalue weighted by molar-refractivity contribution is 5.25. The van der Waals surface area contributed by atoms with E-state index in [1.54, 1.807) is 0 Å². The molecule has 0 bridgehead atoms. The summed E-state index contributed by atoms with van der Waals surface area (Å²) >= 11 is 0. The molecular formula is C17H27NO2. The van der Waals surface area contributed by atoms with Crippen LogP contribution in [-0.2, 0) is 11.2 Å². The number of aryl methyl sites for hydroxylation is 1. The normalized spacial score (nSPS) is 25.9. The third-order valence-electron chi connectivity index (χ3n) is 4.69. The molecule has 3 nitrogen and oxygen atoms in total. The third-order valence-corrected chi connectivity index (χ3v) is 4.69. The SMILES string of the molecule is CCc1ccc(C(O)C(C)N(C)C2CCOC2C)cc1. The van der Waals surface area contributed by atoms with Gasteiger partial charge in [0.15, 0.2) is 0 Å². The van der Waals surface area contributed by atoms with Crippen molar-refractivity contribution in [1.82, 2.24) is 4.90 Å². The summed E-state index contributed by atoms with van der Waals surface area (Å²) in [5, 5.41) is 10.6. The Hall–Kier alpha value is -0.900. The molecule has 0 saturated carbocycles. The van der Waals surface area contributed by atoms with Crippen molar-refractivity contribution in [2.45, 2.75) is 57.9 Å². The average Bonchev–Trinajstić information content (AvgIpc) is 2.91. The summed E-state index contributed by atoms with van der Waals surface area (Å²) in [5.74, 6) is 0. The molecule has 4 atom stereocenters. The van der Waals surface area contributed by atoms with Crippen molar-refractivity contribution in [2.75, 3.05) is 13.7 Å². The quantitative estimate of drug-likeness (QED) is 0.898. The number of aliphatic hydroxyl groups is 1. The van der Waals surface area contributed by atoms with E-state index in [0.717, 1.165) is 25.0 Å². The molecule has 4 unspecified atom stereocenters. The van der Waals surface area contributed by atoms with Crippen LogP contribution in [0.5, 0.6) is 0 Å². The zero-order valence-electron chi connectivity index (χ0n) is 13.0. The van der Waals surface area contributed by atoms with E-state index in [1.165, 1.54) is 5.56 Å². The molecule has 1 aromatic rings. The van der Waals surface area contributed by atoms with E-state index in [9.17, 15) is 5.11 Å². The first-order valence-electron chi connectivity index (χ1n) is 7.65. The Morgan fingerprint density at radius 2 is 2.00 bits per heavy atom. The van der Waals surface area contributed by atoms with Crippen molar-refractivity contribution in [2.24, 2.45) is 0 Å². The first-order chi connectivity index (χ1) is 9.54. The van der Waals surface area contributed by atoms with Crippen LogP contribution >= 0.6 is 0 Å². The molecule has 0 radical (unpaired) electrons. The van der Waals surface area contributed by atoms with Crippen LogP contribution in [0.3, 0.4) is 0 Å². The monoisotopic (exact) mass is 277 g/mol. The van der Waals surface area contributed by atoms with E-state index < -0.39 is 6.10 Å². The molecule has 1 N–H and O–H groups in total. The lowest BCUT2D eigenvalue weighted by molar-refractivity contribution is 0.0218. The Labute approximate surface area is 122 Å². The number of nitrogens with zero attached hydrogens (tertiary/aromatic N) is 1. The Morgan fingerprint density at radius 1 is 1.35 bits per heavy atom. The predicted molar refractivity (Wildman–Crippen MR) is 81.8 cm³/mol. The summed E-state index contributed by atoms with van der Waals surface area (Å²) in [6.45, 7) is 7.17. The molecule has 1 aromatic carbocycles. The van der Waals surface area contributed by atoms with Crippen LogP contribution in [0.25, 0.3) is 0 Å². The number of hydrogen-bond acceptors (Lipinski definition) is 3. The molecule has 2 rings (SSSR count). The van der Waals surface area contributed by atoms with Crippen molar-refractivity contribution in [3.63, 3.8) is 0 Å². The van der Waals surface area contributed by atoms with Gasteiger partial charge >= 0.3 is 0 Å². The fraction of sp³-hybridized carbons (Fsp3) is 0.647. The molecule has 20 heavy (non-hydrogen) atoms. The standard InChI is InChI=1S/C17H27NO2/c1-5-14-6-8-15(9-7-14)17(19)12(2)18(4)16-10-11-20-13(16)3/h6-9,12-13,16-17,19H,5,10-11H2,1-4H3. The summed E-state index contributed by atoms with van der Waals surface area (Å²) in [7, 11) is 2.09. The fourth-order valence-corrected chi connectivity index (χ4v) is 3.01. The van der Waals surface area contributed by atoms with E-state index in [0.29, 0.717) is 6.04 Å². The largest absolute Gasteiger partial charge is 0.387 e. The highest BCUT2D eigenvalue weighted by Crippen LogP contribution is 2.26. The molecule has 0 spiro atoms. The maximum Gasteiger partial charge on any atom is 0.0942 e. The smallest absolute Gasteiger partial charge is 0.0942 e. The first kappa shape index (κ1) is 15.5. The van der Waals surface area contributed by atoms with Gasteiger partial charge in [-0.05, 0) is 44.9 Å². The molecule has 112 valence electrons. The molecule has 0 aromatic heterocycles. The van der Waals surface area contributed by atoms with Crippen molar-refractivity contribution in [1.29, 1.82) is 0 Å². The van der Waals surface area contributed by atoms with Crippen LogP contribution < -0.4 is 0 Å². The summed E-state index contributed by atoms with van der Waals surface area (Å²) in [6.07, 6.45) is 1.86. The fourth-order valence-electron chi connectivity index (χ4n) is 3.01. The molecule has 1 saturated heterocycles. The predicted octanol–water partition coefficient (Wildman–Crippen LogP) is 2.78. The molecule has 0 amide bonds. The summed E-state index contributed by atoms with van der Waals surface area (Å²) in [6, 6.07) is 8.77. The van der Waals surface area contributed by atoms with E-state index in [1.807, 2.05) is 12.1 Å². The molecule has 1 heterocycles. The van der Waals surface area contributed by atoms with Gasteiger partial charge in [0.1, 0.15) is 0 Å². The van der Waals surface area contributed by atoms with E-state index in [4.69, 9.17) is 4.74 Å². The number of benzene rings is 1. The zero-order valence-corrected chi connectivity index (χ0v) is 13.0. The third kappa shape index (κ3) is 3.22. The number of likely N-dealkylation sites (N-methyl/N-ethyl adjacent to an activating group) is 1. The van der Waals surface area contributed by atoms with Crippen LogP contribution in [0, 0.1) is 0 Å². The van der Waals surface area contributed by atoms with E-state index >= 15 is 0 Å². The van der Waals surface area contributed by atoms with Crippen LogP contribution in [0.15, 0.2) is 24.3 Å². The minimum atomic E-state index is -0.460. The van der Waals surface area contributed by atoms with Gasteiger partial charge in [-0.15, -0.1) is 0 Å². The maximum atomic E-state index is 10.6. The van der Waals surface area contributed by atoms with Crippen molar-refractivity contribution >= 4 is 0 Å². The van der Waals surface area contributed by atoms with Gasteiger partial charge in [0.2, 0.25) is 0 Å². The lowest BCUT2D eigenvalue weighted by Gasteiger charge is -2.35. The Kier molecular flexibility index (Phi) is 5.19. The maximum absolute atomic E-state index is 10.6. The van der Waals surface area contributed by atoms with E-state index in [-0.39, 0.29) is 12.1 Å². The number of ether oxygens (including phenoxy) is 1. The molecule has 3 heteroatoms. The summed E-state index contributed by atoms with van der Waals surface area (Å²) in [5.41, 5.74) is 2.30. The van der Waals surface area contributed by atoms with Gasteiger partial charge in [-0.3, -0.25) is 4.90 Å². The molecular weight excluding hydrogens is 250 g/mol. The highest BCUT2D eigenvalue weighted by atomic mass is 16.5. The lowest BCUT2D eigenvalue weighted by atomic mass is 9.98. The van der Waals surface area contributed by atoms with Gasteiger partial charge in [-0.25, -0.2) is 0 Å². The van der Waals surface area contributed by atoms with Crippen molar-refractivity contribution in [3.8, 4) is 0 Å². The second-order valence-corrected chi connectivity index (χ2v) is 5.88. The lowest BCUT2D eigenvalue weighted by Crippen LogP contribution is -2.44.